The molecule has 1 aromatic rings. The molecule has 2 nitrogen and oxygen atoms in total. The van der Waals surface area contributed by atoms with Crippen molar-refractivity contribution in [2.75, 3.05) is 7.11 Å². The molecule has 1 aliphatic carbocycles. The molecule has 1 saturated carbocycles. The molecule has 0 N–H and O–H groups in total. The summed E-state index contributed by atoms with van der Waals surface area (Å²) in [5.41, 5.74) is 0.734. The highest BCUT2D eigenvalue weighted by atomic mass is 79.9. The second kappa shape index (κ2) is 4.58. The van der Waals surface area contributed by atoms with E-state index >= 15 is 0 Å². The third kappa shape index (κ3) is 2.14. The zero-order valence-electron chi connectivity index (χ0n) is 9.33. The monoisotopic (exact) mass is 282 g/mol. The van der Waals surface area contributed by atoms with Crippen molar-refractivity contribution in [1.29, 1.82) is 0 Å². The summed E-state index contributed by atoms with van der Waals surface area (Å²) < 4.78 is 4.80. The number of alkyl halides is 1. The van der Waals surface area contributed by atoms with Gasteiger partial charge in [-0.25, -0.2) is 0 Å². The van der Waals surface area contributed by atoms with Crippen molar-refractivity contribution >= 4 is 21.7 Å². The number of ketones is 1. The van der Waals surface area contributed by atoms with Gasteiger partial charge in [-0.1, -0.05) is 40.9 Å². The Bertz CT molecular complexity index is 395. The van der Waals surface area contributed by atoms with E-state index in [4.69, 9.17) is 4.74 Å². The van der Waals surface area contributed by atoms with E-state index in [1.165, 1.54) is 0 Å². The Morgan fingerprint density at radius 2 is 2.06 bits per heavy atom. The van der Waals surface area contributed by atoms with Gasteiger partial charge in [0.05, 0.1) is 11.4 Å². The summed E-state index contributed by atoms with van der Waals surface area (Å²) in [6.45, 7) is 0. The van der Waals surface area contributed by atoms with E-state index < -0.39 is 0 Å². The Hall–Kier alpha value is -0.830. The second-order valence-electron chi connectivity index (χ2n) is 4.23. The molecule has 3 heteroatoms. The fourth-order valence-electron chi connectivity index (χ4n) is 2.19. The summed E-state index contributed by atoms with van der Waals surface area (Å²) >= 11 is 3.60. The maximum absolute atomic E-state index is 12.3. The van der Waals surface area contributed by atoms with Gasteiger partial charge in [0.1, 0.15) is 5.75 Å². The molecule has 16 heavy (non-hydrogen) atoms. The predicted octanol–water partition coefficient (Wildman–Crippen LogP) is 3.59. The third-order valence-corrected chi connectivity index (χ3v) is 4.29. The Morgan fingerprint density at radius 3 is 2.69 bits per heavy atom. The van der Waals surface area contributed by atoms with Crippen LogP contribution in [0.25, 0.3) is 0 Å². The molecule has 1 fully saturated rings. The highest BCUT2D eigenvalue weighted by Gasteiger charge is 2.38. The molecule has 0 spiro atoms. The summed E-state index contributed by atoms with van der Waals surface area (Å²) in [7, 11) is 1.61. The molecule has 1 aromatic carbocycles. The van der Waals surface area contributed by atoms with Crippen molar-refractivity contribution in [1.82, 2.24) is 0 Å². The first-order valence-electron chi connectivity index (χ1n) is 5.53. The first-order chi connectivity index (χ1) is 7.65. The molecule has 0 radical (unpaired) electrons. The fourth-order valence-corrected chi connectivity index (χ4v) is 2.98. The number of carbonyl (C=O) groups is 1. The second-order valence-corrected chi connectivity index (χ2v) is 5.75. The maximum Gasteiger partial charge on any atom is 0.179 e. The molecule has 0 saturated heterocycles. The molecular formula is C13H15BrO2. The molecule has 0 aliphatic heterocycles. The molecule has 1 aliphatic rings. The quantitative estimate of drug-likeness (QED) is 0.626. The lowest BCUT2D eigenvalue weighted by molar-refractivity contribution is 0.0948. The van der Waals surface area contributed by atoms with Crippen molar-refractivity contribution in [2.45, 2.75) is 30.0 Å². The van der Waals surface area contributed by atoms with Gasteiger partial charge in [0, 0.05) is 5.56 Å². The van der Waals surface area contributed by atoms with Gasteiger partial charge in [0.2, 0.25) is 0 Å². The maximum atomic E-state index is 12.3. The molecule has 2 rings (SSSR count). The van der Waals surface area contributed by atoms with Crippen LogP contribution >= 0.6 is 15.9 Å². The van der Waals surface area contributed by atoms with Crippen LogP contribution in [-0.2, 0) is 0 Å². The molecular weight excluding hydrogens is 268 g/mol. The lowest BCUT2D eigenvalue weighted by Crippen LogP contribution is -2.28. The number of methoxy groups -OCH3 is 1. The lowest BCUT2D eigenvalue weighted by Gasteiger charge is -2.19. The van der Waals surface area contributed by atoms with Gasteiger partial charge >= 0.3 is 0 Å². The normalized spacial score (nSPS) is 18.4. The Labute approximate surface area is 104 Å². The lowest BCUT2D eigenvalue weighted by atomic mass is 9.96. The molecule has 0 aromatic heterocycles. The summed E-state index contributed by atoms with van der Waals surface area (Å²) in [5.74, 6) is 0.920. The molecule has 0 bridgehead atoms. The molecule has 0 amide bonds. The summed E-state index contributed by atoms with van der Waals surface area (Å²) in [5, 5.41) is 0. The zero-order valence-corrected chi connectivity index (χ0v) is 10.9. The predicted molar refractivity (Wildman–Crippen MR) is 67.5 cm³/mol. The van der Waals surface area contributed by atoms with E-state index in [1.807, 2.05) is 24.3 Å². The number of ether oxygens (including phenoxy) is 1. The minimum Gasteiger partial charge on any atom is -0.497 e. The standard InChI is InChI=1S/C13H15BrO2/c1-16-11-6-4-5-10(9-11)12(15)13(14)7-2-3-8-13/h4-6,9H,2-3,7-8H2,1H3. The fraction of sp³-hybridized carbons (Fsp3) is 0.462. The van der Waals surface area contributed by atoms with Crippen LogP contribution in [0.5, 0.6) is 5.75 Å². The largest absolute Gasteiger partial charge is 0.497 e. The van der Waals surface area contributed by atoms with Crippen LogP contribution in [-0.4, -0.2) is 17.2 Å². The van der Waals surface area contributed by atoms with Crippen molar-refractivity contribution < 1.29 is 9.53 Å². The van der Waals surface area contributed by atoms with E-state index in [0.717, 1.165) is 37.0 Å². The number of halogens is 1. The van der Waals surface area contributed by atoms with E-state index in [-0.39, 0.29) is 10.1 Å². The number of hydrogen-bond acceptors (Lipinski definition) is 2. The number of carbonyl (C=O) groups excluding carboxylic acids is 1. The topological polar surface area (TPSA) is 26.3 Å². The zero-order chi connectivity index (χ0) is 11.6. The summed E-state index contributed by atoms with van der Waals surface area (Å²) in [4.78, 5) is 12.3. The van der Waals surface area contributed by atoms with Crippen molar-refractivity contribution in [3.63, 3.8) is 0 Å². The number of rotatable bonds is 3. The van der Waals surface area contributed by atoms with Crippen LogP contribution in [0.2, 0.25) is 0 Å². The summed E-state index contributed by atoms with van der Waals surface area (Å²) in [6, 6.07) is 7.37. The SMILES string of the molecule is COc1cccc(C(=O)C2(Br)CCCC2)c1. The molecule has 0 unspecified atom stereocenters. The number of hydrogen-bond donors (Lipinski definition) is 0. The van der Waals surface area contributed by atoms with Crippen LogP contribution in [0.4, 0.5) is 0 Å². The van der Waals surface area contributed by atoms with Gasteiger partial charge in [-0.15, -0.1) is 0 Å². The van der Waals surface area contributed by atoms with Crippen LogP contribution in [0, 0.1) is 0 Å². The Balaban J connectivity index is 2.26. The Morgan fingerprint density at radius 1 is 1.38 bits per heavy atom. The average molecular weight is 283 g/mol. The smallest absolute Gasteiger partial charge is 0.179 e. The number of Topliss-reactive ketones (excluding diaryl/α,β-unsaturated/α-hetero) is 1. The van der Waals surface area contributed by atoms with Gasteiger partial charge < -0.3 is 4.74 Å². The highest BCUT2D eigenvalue weighted by molar-refractivity contribution is 9.10. The van der Waals surface area contributed by atoms with Gasteiger partial charge in [-0.05, 0) is 25.0 Å². The highest BCUT2D eigenvalue weighted by Crippen LogP contribution is 2.40. The minimum absolute atomic E-state index is 0.184. The molecule has 0 atom stereocenters. The Kier molecular flexibility index (Phi) is 3.33. The van der Waals surface area contributed by atoms with Crippen LogP contribution < -0.4 is 4.74 Å². The van der Waals surface area contributed by atoms with Crippen LogP contribution in [0.15, 0.2) is 24.3 Å². The van der Waals surface area contributed by atoms with E-state index in [2.05, 4.69) is 15.9 Å². The minimum atomic E-state index is -0.334. The first kappa shape index (κ1) is 11.6. The first-order valence-corrected chi connectivity index (χ1v) is 6.33. The van der Waals surface area contributed by atoms with Gasteiger partial charge in [0.15, 0.2) is 5.78 Å². The van der Waals surface area contributed by atoms with Crippen LogP contribution in [0.1, 0.15) is 36.0 Å². The number of benzene rings is 1. The van der Waals surface area contributed by atoms with Gasteiger partial charge in [-0.2, -0.15) is 0 Å². The van der Waals surface area contributed by atoms with Crippen LogP contribution in [0.3, 0.4) is 0 Å². The van der Waals surface area contributed by atoms with Crippen molar-refractivity contribution in [3.05, 3.63) is 29.8 Å². The van der Waals surface area contributed by atoms with E-state index in [9.17, 15) is 4.79 Å². The van der Waals surface area contributed by atoms with Crippen molar-refractivity contribution in [3.8, 4) is 5.75 Å². The van der Waals surface area contributed by atoms with Gasteiger partial charge in [0.25, 0.3) is 0 Å². The average Bonchev–Trinajstić information content (AvgIpc) is 2.76. The van der Waals surface area contributed by atoms with E-state index in [1.54, 1.807) is 7.11 Å². The molecule has 0 heterocycles. The van der Waals surface area contributed by atoms with Gasteiger partial charge in [-0.3, -0.25) is 4.79 Å². The summed E-state index contributed by atoms with van der Waals surface area (Å²) in [6.07, 6.45) is 4.12. The molecule has 86 valence electrons. The van der Waals surface area contributed by atoms with E-state index in [0.29, 0.717) is 0 Å². The third-order valence-electron chi connectivity index (χ3n) is 3.13. The van der Waals surface area contributed by atoms with Crippen molar-refractivity contribution in [2.24, 2.45) is 0 Å².